The molecule has 1 fully saturated rings. The molecule has 0 spiro atoms. The van der Waals surface area contributed by atoms with Crippen molar-refractivity contribution in [2.45, 2.75) is 25.8 Å². The number of para-hydroxylation sites is 1. The van der Waals surface area contributed by atoms with Crippen LogP contribution in [0.3, 0.4) is 0 Å². The number of fused-ring (bicyclic) bond motifs is 4. The smallest absolute Gasteiger partial charge is 0.182 e. The number of H-pyrrole nitrogens is 1. The molecule has 1 aliphatic carbocycles. The fourth-order valence-electron chi connectivity index (χ4n) is 4.11. The predicted octanol–water partition coefficient (Wildman–Crippen LogP) is 2.86. The van der Waals surface area contributed by atoms with E-state index in [0.717, 1.165) is 30.6 Å². The van der Waals surface area contributed by atoms with Gasteiger partial charge in [-0.05, 0) is 50.9 Å². The first-order valence-corrected chi connectivity index (χ1v) is 7.51. The van der Waals surface area contributed by atoms with Crippen LogP contribution in [0, 0.1) is 11.8 Å². The van der Waals surface area contributed by atoms with Crippen molar-refractivity contribution < 1.29 is 4.79 Å². The van der Waals surface area contributed by atoms with Gasteiger partial charge in [-0.25, -0.2) is 0 Å². The van der Waals surface area contributed by atoms with Gasteiger partial charge in [0.2, 0.25) is 0 Å². The molecule has 1 aromatic heterocycles. The Morgan fingerprint density at radius 2 is 2.10 bits per heavy atom. The van der Waals surface area contributed by atoms with Crippen LogP contribution < -0.4 is 0 Å². The topological polar surface area (TPSA) is 36.1 Å². The zero-order chi connectivity index (χ0) is 13.9. The lowest BCUT2D eigenvalue weighted by Crippen LogP contribution is -2.50. The van der Waals surface area contributed by atoms with Gasteiger partial charge in [-0.2, -0.15) is 0 Å². The summed E-state index contributed by atoms with van der Waals surface area (Å²) in [6, 6.07) is 8.77. The van der Waals surface area contributed by atoms with E-state index in [1.807, 2.05) is 6.07 Å². The van der Waals surface area contributed by atoms with Crippen molar-refractivity contribution >= 4 is 16.7 Å². The number of aromatic amines is 1. The number of rotatable bonds is 0. The molecule has 2 aliphatic rings. The Hall–Kier alpha value is -1.61. The minimum Gasteiger partial charge on any atom is -0.352 e. The van der Waals surface area contributed by atoms with Crippen LogP contribution in [0.5, 0.6) is 0 Å². The molecule has 1 aliphatic heterocycles. The fourth-order valence-corrected chi connectivity index (χ4v) is 4.11. The number of likely N-dealkylation sites (tertiary alicyclic amines) is 1. The Bertz CT molecular complexity index is 687. The number of piperidine rings is 1. The van der Waals surface area contributed by atoms with E-state index in [1.54, 1.807) is 0 Å². The van der Waals surface area contributed by atoms with E-state index in [1.165, 1.54) is 10.9 Å². The summed E-state index contributed by atoms with van der Waals surface area (Å²) in [4.78, 5) is 18.6. The zero-order valence-electron chi connectivity index (χ0n) is 12.0. The lowest BCUT2D eigenvalue weighted by molar-refractivity contribution is 0.0532. The summed E-state index contributed by atoms with van der Waals surface area (Å²) < 4.78 is 0. The van der Waals surface area contributed by atoms with Gasteiger partial charge in [0, 0.05) is 22.9 Å². The summed E-state index contributed by atoms with van der Waals surface area (Å²) >= 11 is 0. The van der Waals surface area contributed by atoms with Crippen LogP contribution in [0.4, 0.5) is 0 Å². The number of Topliss-reactive ketones (excluding diaryl/α,β-unsaturated/α-hetero) is 1. The standard InChI is InChI=1S/C17H20N2O/c1-10-13-9-14-11-5-3-4-6-15(11)18-16(14)17(20)12(13)7-8-19(10)2/h3-6,10,12-13,18H,7-9H2,1-2H3/t10-,12-,13-/m1/s1. The molecule has 0 saturated carbocycles. The van der Waals surface area contributed by atoms with E-state index in [4.69, 9.17) is 0 Å². The Morgan fingerprint density at radius 3 is 2.95 bits per heavy atom. The number of ketones is 1. The van der Waals surface area contributed by atoms with Gasteiger partial charge in [-0.1, -0.05) is 18.2 Å². The average molecular weight is 268 g/mol. The Balaban J connectivity index is 1.87. The number of carbonyl (C=O) groups excluding carboxylic acids is 1. The highest BCUT2D eigenvalue weighted by atomic mass is 16.1. The lowest BCUT2D eigenvalue weighted by atomic mass is 9.70. The van der Waals surface area contributed by atoms with Gasteiger partial charge in [-0.15, -0.1) is 0 Å². The van der Waals surface area contributed by atoms with Crippen molar-refractivity contribution in [3.63, 3.8) is 0 Å². The van der Waals surface area contributed by atoms with Gasteiger partial charge in [0.05, 0.1) is 5.69 Å². The normalized spacial score (nSPS) is 30.3. The van der Waals surface area contributed by atoms with Crippen molar-refractivity contribution in [3.05, 3.63) is 35.5 Å². The highest BCUT2D eigenvalue weighted by Crippen LogP contribution is 2.40. The molecule has 104 valence electrons. The molecule has 3 atom stereocenters. The molecule has 4 rings (SSSR count). The summed E-state index contributed by atoms with van der Waals surface area (Å²) in [5.41, 5.74) is 3.23. The maximum Gasteiger partial charge on any atom is 0.182 e. The van der Waals surface area contributed by atoms with E-state index in [-0.39, 0.29) is 5.92 Å². The Kier molecular flexibility index (Phi) is 2.55. The average Bonchev–Trinajstić information content (AvgIpc) is 2.83. The molecule has 20 heavy (non-hydrogen) atoms. The number of carbonyl (C=O) groups is 1. The van der Waals surface area contributed by atoms with Crippen molar-refractivity contribution in [2.24, 2.45) is 11.8 Å². The number of hydrogen-bond donors (Lipinski definition) is 1. The molecule has 3 nitrogen and oxygen atoms in total. The van der Waals surface area contributed by atoms with Crippen molar-refractivity contribution in [3.8, 4) is 0 Å². The van der Waals surface area contributed by atoms with Gasteiger partial charge in [0.15, 0.2) is 5.78 Å². The van der Waals surface area contributed by atoms with Crippen LogP contribution in [-0.4, -0.2) is 35.3 Å². The summed E-state index contributed by atoms with van der Waals surface area (Å²) in [5, 5.41) is 1.23. The minimum absolute atomic E-state index is 0.210. The third-order valence-corrected chi connectivity index (χ3v) is 5.46. The highest BCUT2D eigenvalue weighted by Gasteiger charge is 2.43. The van der Waals surface area contributed by atoms with E-state index in [2.05, 4.69) is 42.1 Å². The first-order valence-electron chi connectivity index (χ1n) is 7.51. The SMILES string of the molecule is C[C@@H]1[C@H]2Cc3c([nH]c4ccccc34)C(=O)[C@@H]2CCN1C. The molecule has 0 unspecified atom stereocenters. The second kappa shape index (κ2) is 4.19. The first-order chi connectivity index (χ1) is 9.66. The molecule has 1 N–H and O–H groups in total. The number of hydrogen-bond acceptors (Lipinski definition) is 2. The van der Waals surface area contributed by atoms with Crippen LogP contribution >= 0.6 is 0 Å². The van der Waals surface area contributed by atoms with Gasteiger partial charge in [-0.3, -0.25) is 4.79 Å². The molecule has 3 heteroatoms. The number of nitrogens with one attached hydrogen (secondary N) is 1. The van der Waals surface area contributed by atoms with Crippen molar-refractivity contribution in [1.29, 1.82) is 0 Å². The predicted molar refractivity (Wildman–Crippen MR) is 80.0 cm³/mol. The summed E-state index contributed by atoms with van der Waals surface area (Å²) in [5.74, 6) is 1.02. The van der Waals surface area contributed by atoms with Gasteiger partial charge >= 0.3 is 0 Å². The van der Waals surface area contributed by atoms with E-state index < -0.39 is 0 Å². The summed E-state index contributed by atoms with van der Waals surface area (Å²) in [7, 11) is 2.18. The van der Waals surface area contributed by atoms with Crippen molar-refractivity contribution in [2.75, 3.05) is 13.6 Å². The van der Waals surface area contributed by atoms with Crippen molar-refractivity contribution in [1.82, 2.24) is 9.88 Å². The Labute approximate surface area is 119 Å². The molecule has 0 bridgehead atoms. The summed E-state index contributed by atoms with van der Waals surface area (Å²) in [6.45, 7) is 3.30. The summed E-state index contributed by atoms with van der Waals surface area (Å²) in [6.07, 6.45) is 2.03. The molecular weight excluding hydrogens is 248 g/mol. The number of benzene rings is 1. The van der Waals surface area contributed by atoms with Crippen LogP contribution in [0.2, 0.25) is 0 Å². The Morgan fingerprint density at radius 1 is 1.30 bits per heavy atom. The van der Waals surface area contributed by atoms with Crippen LogP contribution in [0.25, 0.3) is 10.9 Å². The molecule has 1 aromatic carbocycles. The zero-order valence-corrected chi connectivity index (χ0v) is 12.0. The number of nitrogens with zero attached hydrogens (tertiary/aromatic N) is 1. The van der Waals surface area contributed by atoms with Crippen LogP contribution in [0.15, 0.2) is 24.3 Å². The second-order valence-corrected chi connectivity index (χ2v) is 6.37. The van der Waals surface area contributed by atoms with E-state index in [0.29, 0.717) is 17.7 Å². The van der Waals surface area contributed by atoms with Gasteiger partial charge in [0.25, 0.3) is 0 Å². The first kappa shape index (κ1) is 12.2. The van der Waals surface area contributed by atoms with Gasteiger partial charge < -0.3 is 9.88 Å². The molecule has 0 amide bonds. The largest absolute Gasteiger partial charge is 0.352 e. The lowest BCUT2D eigenvalue weighted by Gasteiger charge is -2.43. The third kappa shape index (κ3) is 1.53. The fraction of sp³-hybridized carbons (Fsp3) is 0.471. The second-order valence-electron chi connectivity index (χ2n) is 6.37. The third-order valence-electron chi connectivity index (χ3n) is 5.46. The molecule has 2 aromatic rings. The molecule has 2 heterocycles. The molecule has 0 radical (unpaired) electrons. The quantitative estimate of drug-likeness (QED) is 0.797. The highest BCUT2D eigenvalue weighted by molar-refractivity contribution is 6.04. The van der Waals surface area contributed by atoms with E-state index >= 15 is 0 Å². The maximum absolute atomic E-state index is 12.8. The van der Waals surface area contributed by atoms with Gasteiger partial charge in [0.1, 0.15) is 0 Å². The molecule has 1 saturated heterocycles. The monoisotopic (exact) mass is 268 g/mol. The minimum atomic E-state index is 0.210. The molecular formula is C17H20N2O. The maximum atomic E-state index is 12.8. The van der Waals surface area contributed by atoms with Crippen LogP contribution in [0.1, 0.15) is 29.4 Å². The number of aromatic nitrogens is 1. The van der Waals surface area contributed by atoms with E-state index in [9.17, 15) is 4.79 Å². The van der Waals surface area contributed by atoms with Crippen LogP contribution in [-0.2, 0) is 6.42 Å².